The summed E-state index contributed by atoms with van der Waals surface area (Å²) < 4.78 is 11.2. The highest BCUT2D eigenvalue weighted by Crippen LogP contribution is 2.42. The van der Waals surface area contributed by atoms with Crippen molar-refractivity contribution >= 4 is 28.4 Å². The van der Waals surface area contributed by atoms with E-state index in [1.54, 1.807) is 0 Å². The third kappa shape index (κ3) is 4.46. The molecule has 4 nitrogen and oxygen atoms in total. The van der Waals surface area contributed by atoms with Gasteiger partial charge in [0.25, 0.3) is 0 Å². The van der Waals surface area contributed by atoms with Gasteiger partial charge >= 0.3 is 5.30 Å². The number of thioether (sulfide) groups is 1. The predicted molar refractivity (Wildman–Crippen MR) is 109 cm³/mol. The molecule has 0 aromatic heterocycles. The van der Waals surface area contributed by atoms with Crippen LogP contribution in [0.5, 0.6) is 0 Å². The van der Waals surface area contributed by atoms with Crippen molar-refractivity contribution in [3.8, 4) is 0 Å². The molecule has 5 heteroatoms. The van der Waals surface area contributed by atoms with Gasteiger partial charge in [-0.05, 0) is 68.0 Å². The van der Waals surface area contributed by atoms with Crippen LogP contribution in [0.3, 0.4) is 0 Å². The van der Waals surface area contributed by atoms with Crippen LogP contribution in [0, 0.1) is 32.6 Å². The van der Waals surface area contributed by atoms with Crippen LogP contribution >= 0.6 is 11.8 Å². The van der Waals surface area contributed by atoms with Crippen molar-refractivity contribution in [2.75, 3.05) is 19.0 Å². The molecule has 0 N–H and O–H groups in total. The van der Waals surface area contributed by atoms with Crippen LogP contribution in [0.1, 0.15) is 48.4 Å². The Kier molecular flexibility index (Phi) is 6.43. The van der Waals surface area contributed by atoms with E-state index in [4.69, 9.17) is 9.47 Å². The SMILES string of the molecule is CCSC(=O)OC1=C(c2c(C)cc(C)cc2C)C(=O)C(CC2CCOC2)C1. The van der Waals surface area contributed by atoms with Gasteiger partial charge in [-0.25, -0.2) is 4.79 Å². The first-order valence-corrected chi connectivity index (χ1v) is 10.7. The fourth-order valence-electron chi connectivity index (χ4n) is 4.30. The van der Waals surface area contributed by atoms with Crippen LogP contribution in [0.4, 0.5) is 4.79 Å². The Balaban J connectivity index is 1.95. The van der Waals surface area contributed by atoms with Crippen molar-refractivity contribution in [2.45, 2.75) is 47.0 Å². The largest absolute Gasteiger partial charge is 0.422 e. The standard InChI is InChI=1S/C22H28O4S/c1-5-27-22(24)26-18-11-17(10-16-6-7-25-12-16)21(23)20(18)19-14(3)8-13(2)9-15(19)4/h8-9,16-17H,5-7,10-12H2,1-4H3. The van der Waals surface area contributed by atoms with E-state index in [0.717, 1.165) is 54.5 Å². The van der Waals surface area contributed by atoms with Gasteiger partial charge < -0.3 is 9.47 Å². The third-order valence-corrected chi connectivity index (χ3v) is 5.97. The first-order chi connectivity index (χ1) is 12.9. The van der Waals surface area contributed by atoms with Gasteiger partial charge in [0.1, 0.15) is 5.76 Å². The molecule has 1 aromatic carbocycles. The number of ether oxygens (including phenoxy) is 2. The number of Topliss-reactive ketones (excluding diaryl/α,β-unsaturated/α-hetero) is 1. The molecule has 0 radical (unpaired) electrons. The normalized spacial score (nSPS) is 22.6. The molecule has 1 aliphatic heterocycles. The van der Waals surface area contributed by atoms with Crippen LogP contribution in [-0.2, 0) is 14.3 Å². The molecule has 27 heavy (non-hydrogen) atoms. The van der Waals surface area contributed by atoms with Gasteiger partial charge in [-0.2, -0.15) is 0 Å². The first kappa shape index (κ1) is 20.2. The van der Waals surface area contributed by atoms with Crippen LogP contribution in [0.2, 0.25) is 0 Å². The smallest absolute Gasteiger partial charge is 0.372 e. The van der Waals surface area contributed by atoms with E-state index in [0.29, 0.717) is 29.4 Å². The lowest BCUT2D eigenvalue weighted by atomic mass is 9.87. The van der Waals surface area contributed by atoms with E-state index >= 15 is 0 Å². The number of aryl methyl sites for hydroxylation is 3. The molecule has 0 bridgehead atoms. The molecular weight excluding hydrogens is 360 g/mol. The summed E-state index contributed by atoms with van der Waals surface area (Å²) in [5.74, 6) is 1.61. The number of rotatable bonds is 5. The molecule has 2 atom stereocenters. The fraction of sp³-hybridized carbons (Fsp3) is 0.545. The lowest BCUT2D eigenvalue weighted by Gasteiger charge is -2.15. The molecule has 1 fully saturated rings. The molecule has 0 saturated carbocycles. The van der Waals surface area contributed by atoms with E-state index in [2.05, 4.69) is 19.1 Å². The minimum absolute atomic E-state index is 0.112. The molecule has 0 spiro atoms. The maximum atomic E-state index is 13.3. The maximum Gasteiger partial charge on any atom is 0.372 e. The molecule has 146 valence electrons. The highest BCUT2D eigenvalue weighted by atomic mass is 32.2. The topological polar surface area (TPSA) is 52.6 Å². The minimum Gasteiger partial charge on any atom is -0.422 e. The zero-order valence-electron chi connectivity index (χ0n) is 16.6. The monoisotopic (exact) mass is 388 g/mol. The summed E-state index contributed by atoms with van der Waals surface area (Å²) in [5.41, 5.74) is 4.81. The first-order valence-electron chi connectivity index (χ1n) is 9.68. The molecule has 0 amide bonds. The second-order valence-electron chi connectivity index (χ2n) is 7.59. The summed E-state index contributed by atoms with van der Waals surface area (Å²) in [6, 6.07) is 4.17. The van der Waals surface area contributed by atoms with Gasteiger partial charge in [-0.15, -0.1) is 0 Å². The number of benzene rings is 1. The van der Waals surface area contributed by atoms with E-state index in [-0.39, 0.29) is 17.0 Å². The van der Waals surface area contributed by atoms with E-state index in [1.165, 1.54) is 5.56 Å². The summed E-state index contributed by atoms with van der Waals surface area (Å²) >= 11 is 1.13. The Morgan fingerprint density at radius 1 is 1.26 bits per heavy atom. The fourth-order valence-corrected chi connectivity index (χ4v) is 4.69. The number of ketones is 1. The maximum absolute atomic E-state index is 13.3. The van der Waals surface area contributed by atoms with Gasteiger partial charge in [-0.3, -0.25) is 4.79 Å². The van der Waals surface area contributed by atoms with Crippen molar-refractivity contribution in [2.24, 2.45) is 11.8 Å². The Morgan fingerprint density at radius 3 is 2.56 bits per heavy atom. The summed E-state index contributed by atoms with van der Waals surface area (Å²) in [4.78, 5) is 25.5. The van der Waals surface area contributed by atoms with Gasteiger partial charge in [-0.1, -0.05) is 24.6 Å². The molecule has 2 aliphatic rings. The van der Waals surface area contributed by atoms with Gasteiger partial charge in [0, 0.05) is 31.3 Å². The van der Waals surface area contributed by atoms with Crippen LogP contribution in [0.25, 0.3) is 5.57 Å². The van der Waals surface area contributed by atoms with E-state index in [9.17, 15) is 9.59 Å². The van der Waals surface area contributed by atoms with E-state index < -0.39 is 0 Å². The second kappa shape index (κ2) is 8.61. The lowest BCUT2D eigenvalue weighted by Crippen LogP contribution is -2.15. The number of carbonyl (C=O) groups is 2. The molecule has 1 aliphatic carbocycles. The molecule has 1 aromatic rings. The second-order valence-corrected chi connectivity index (χ2v) is 8.79. The van der Waals surface area contributed by atoms with E-state index in [1.807, 2.05) is 20.8 Å². The number of allylic oxidation sites excluding steroid dienone is 2. The molecular formula is C22H28O4S. The third-order valence-electron chi connectivity index (χ3n) is 5.37. The highest BCUT2D eigenvalue weighted by molar-refractivity contribution is 8.13. The predicted octanol–water partition coefficient (Wildman–Crippen LogP) is 5.23. The molecule has 1 heterocycles. The zero-order chi connectivity index (χ0) is 19.6. The van der Waals surface area contributed by atoms with Gasteiger partial charge in [0.15, 0.2) is 5.78 Å². The summed E-state index contributed by atoms with van der Waals surface area (Å²) in [6.45, 7) is 9.51. The number of hydrogen-bond donors (Lipinski definition) is 0. The van der Waals surface area contributed by atoms with Crippen molar-refractivity contribution in [1.29, 1.82) is 0 Å². The number of hydrogen-bond acceptors (Lipinski definition) is 5. The molecule has 3 rings (SSSR count). The average molecular weight is 389 g/mol. The van der Waals surface area contributed by atoms with Crippen LogP contribution in [0.15, 0.2) is 17.9 Å². The van der Waals surface area contributed by atoms with Crippen molar-refractivity contribution in [3.63, 3.8) is 0 Å². The summed E-state index contributed by atoms with van der Waals surface area (Å²) in [7, 11) is 0. The molecule has 1 saturated heterocycles. The summed E-state index contributed by atoms with van der Waals surface area (Å²) in [6.07, 6.45) is 2.31. The minimum atomic E-state index is -0.329. The summed E-state index contributed by atoms with van der Waals surface area (Å²) in [5, 5.41) is -0.329. The van der Waals surface area contributed by atoms with Crippen LogP contribution in [-0.4, -0.2) is 30.1 Å². The Labute approximate surface area is 165 Å². The Morgan fingerprint density at radius 2 is 1.96 bits per heavy atom. The van der Waals surface area contributed by atoms with Crippen molar-refractivity contribution < 1.29 is 19.1 Å². The highest BCUT2D eigenvalue weighted by Gasteiger charge is 2.39. The zero-order valence-corrected chi connectivity index (χ0v) is 17.4. The lowest BCUT2D eigenvalue weighted by molar-refractivity contribution is -0.117. The molecule has 2 unspecified atom stereocenters. The quantitative estimate of drug-likeness (QED) is 0.647. The van der Waals surface area contributed by atoms with Crippen molar-refractivity contribution in [1.82, 2.24) is 0 Å². The van der Waals surface area contributed by atoms with Crippen molar-refractivity contribution in [3.05, 3.63) is 40.1 Å². The number of carbonyl (C=O) groups excluding carboxylic acids is 2. The van der Waals surface area contributed by atoms with Crippen LogP contribution < -0.4 is 0 Å². The van der Waals surface area contributed by atoms with Gasteiger partial charge in [0.05, 0.1) is 5.57 Å². The average Bonchev–Trinajstić information content (AvgIpc) is 3.18. The Bertz CT molecular complexity index is 752. The van der Waals surface area contributed by atoms with Gasteiger partial charge in [0.2, 0.25) is 0 Å². The Hall–Kier alpha value is -1.59.